The molecule has 170 valence electrons. The molecule has 4 rings (SSSR count). The third-order valence-electron chi connectivity index (χ3n) is 6.15. The molecule has 2 aromatic rings. The minimum absolute atomic E-state index is 0.0545. The fourth-order valence-corrected chi connectivity index (χ4v) is 4.33. The number of ether oxygens (including phenoxy) is 1. The molecule has 1 atom stereocenters. The Morgan fingerprint density at radius 3 is 2.66 bits per heavy atom. The van der Waals surface area contributed by atoms with Gasteiger partial charge in [-0.2, -0.15) is 0 Å². The summed E-state index contributed by atoms with van der Waals surface area (Å²) in [7, 11) is 2.15. The van der Waals surface area contributed by atoms with Crippen molar-refractivity contribution in [2.75, 3.05) is 56.6 Å². The van der Waals surface area contributed by atoms with Crippen molar-refractivity contribution >= 4 is 23.2 Å². The molecule has 2 heterocycles. The topological polar surface area (TPSA) is 65.1 Å². The van der Waals surface area contributed by atoms with E-state index in [2.05, 4.69) is 28.2 Å². The molecule has 32 heavy (non-hydrogen) atoms. The Balaban J connectivity index is 1.38. The number of hydrogen-bond donors (Lipinski definition) is 1. The molecule has 1 N–H and O–H groups in total. The van der Waals surface area contributed by atoms with Gasteiger partial charge in [0.2, 0.25) is 11.8 Å². The minimum Gasteiger partial charge on any atom is -0.492 e. The Labute approximate surface area is 189 Å². The van der Waals surface area contributed by atoms with Crippen LogP contribution in [0.25, 0.3) is 0 Å². The van der Waals surface area contributed by atoms with E-state index in [0.717, 1.165) is 44.1 Å². The number of carbonyl (C=O) groups excluding carboxylic acids is 2. The van der Waals surface area contributed by atoms with Crippen molar-refractivity contribution in [3.8, 4) is 5.75 Å². The van der Waals surface area contributed by atoms with Gasteiger partial charge in [-0.3, -0.25) is 14.5 Å². The molecule has 0 aromatic heterocycles. The Morgan fingerprint density at radius 1 is 1.09 bits per heavy atom. The van der Waals surface area contributed by atoms with Crippen LogP contribution in [0.3, 0.4) is 0 Å². The predicted molar refractivity (Wildman–Crippen MR) is 126 cm³/mol. The summed E-state index contributed by atoms with van der Waals surface area (Å²) >= 11 is 0. The number of para-hydroxylation sites is 2. The van der Waals surface area contributed by atoms with Gasteiger partial charge in [0.15, 0.2) is 0 Å². The van der Waals surface area contributed by atoms with E-state index in [4.69, 9.17) is 4.74 Å². The summed E-state index contributed by atoms with van der Waals surface area (Å²) in [5, 5.41) is 3.03. The van der Waals surface area contributed by atoms with Crippen molar-refractivity contribution < 1.29 is 14.3 Å². The first-order valence-electron chi connectivity index (χ1n) is 11.4. The number of anilines is 2. The zero-order valence-electron chi connectivity index (χ0n) is 18.9. The first-order valence-corrected chi connectivity index (χ1v) is 11.4. The number of amides is 2. The Morgan fingerprint density at radius 2 is 1.88 bits per heavy atom. The molecule has 0 bridgehead atoms. The van der Waals surface area contributed by atoms with Crippen LogP contribution in [-0.4, -0.2) is 68.0 Å². The van der Waals surface area contributed by atoms with Crippen molar-refractivity contribution in [2.45, 2.75) is 19.9 Å². The second-order valence-corrected chi connectivity index (χ2v) is 8.58. The van der Waals surface area contributed by atoms with Gasteiger partial charge in [0, 0.05) is 51.4 Å². The highest BCUT2D eigenvalue weighted by Crippen LogP contribution is 2.33. The number of rotatable bonds is 7. The lowest BCUT2D eigenvalue weighted by Crippen LogP contribution is -2.43. The van der Waals surface area contributed by atoms with E-state index in [1.54, 1.807) is 4.90 Å². The molecule has 2 fully saturated rings. The fraction of sp³-hybridized carbons (Fsp3) is 0.440. The van der Waals surface area contributed by atoms with E-state index in [9.17, 15) is 9.59 Å². The van der Waals surface area contributed by atoms with E-state index < -0.39 is 5.92 Å². The van der Waals surface area contributed by atoms with Gasteiger partial charge in [0.05, 0.1) is 18.2 Å². The molecule has 2 aromatic carbocycles. The number of hydrogen-bond acceptors (Lipinski definition) is 5. The van der Waals surface area contributed by atoms with Gasteiger partial charge in [0.1, 0.15) is 5.75 Å². The summed E-state index contributed by atoms with van der Waals surface area (Å²) in [4.78, 5) is 32.1. The quantitative estimate of drug-likeness (QED) is 0.723. The third kappa shape index (κ3) is 5.29. The Bertz CT molecular complexity index is 956. The standard InChI is InChI=1S/C25H32N4O3/c1-3-32-23-10-5-4-9-22(23)29-18-20(16-24(29)30)25(31)26-21-8-6-7-19(15-21)17-28-13-11-27(2)12-14-28/h4-10,15,20H,3,11-14,16-18H2,1-2H3,(H,26,31). The molecular weight excluding hydrogens is 404 g/mol. The zero-order valence-corrected chi connectivity index (χ0v) is 18.9. The summed E-state index contributed by atoms with van der Waals surface area (Å²) in [6.07, 6.45) is 0.202. The fourth-order valence-electron chi connectivity index (χ4n) is 4.33. The molecule has 2 aliphatic rings. The predicted octanol–water partition coefficient (Wildman–Crippen LogP) is 2.82. The highest BCUT2D eigenvalue weighted by Gasteiger charge is 2.36. The molecule has 7 nitrogen and oxygen atoms in total. The van der Waals surface area contributed by atoms with Crippen molar-refractivity contribution in [2.24, 2.45) is 5.92 Å². The minimum atomic E-state index is -0.390. The zero-order chi connectivity index (χ0) is 22.5. The van der Waals surface area contributed by atoms with Crippen LogP contribution in [0.1, 0.15) is 18.9 Å². The SMILES string of the molecule is CCOc1ccccc1N1CC(C(=O)Nc2cccc(CN3CCN(C)CC3)c2)CC1=O. The number of benzene rings is 2. The van der Waals surface area contributed by atoms with E-state index in [1.165, 1.54) is 5.56 Å². The van der Waals surface area contributed by atoms with Gasteiger partial charge >= 0.3 is 0 Å². The van der Waals surface area contributed by atoms with E-state index >= 15 is 0 Å². The number of nitrogens with zero attached hydrogens (tertiary/aromatic N) is 3. The van der Waals surface area contributed by atoms with Gasteiger partial charge in [-0.1, -0.05) is 24.3 Å². The van der Waals surface area contributed by atoms with Crippen molar-refractivity contribution in [3.63, 3.8) is 0 Å². The van der Waals surface area contributed by atoms with Crippen LogP contribution < -0.4 is 15.0 Å². The van der Waals surface area contributed by atoms with Gasteiger partial charge in [-0.05, 0) is 43.8 Å². The maximum Gasteiger partial charge on any atom is 0.229 e. The Hall–Kier alpha value is -2.90. The van der Waals surface area contributed by atoms with Gasteiger partial charge in [0.25, 0.3) is 0 Å². The van der Waals surface area contributed by atoms with E-state index in [-0.39, 0.29) is 18.2 Å². The maximum absolute atomic E-state index is 12.9. The molecule has 2 aliphatic heterocycles. The number of nitrogens with one attached hydrogen (secondary N) is 1. The summed E-state index contributed by atoms with van der Waals surface area (Å²) in [6, 6.07) is 15.5. The number of carbonyl (C=O) groups is 2. The van der Waals surface area contributed by atoms with Gasteiger partial charge in [-0.15, -0.1) is 0 Å². The highest BCUT2D eigenvalue weighted by atomic mass is 16.5. The molecule has 0 aliphatic carbocycles. The van der Waals surface area contributed by atoms with Crippen molar-refractivity contribution in [1.29, 1.82) is 0 Å². The van der Waals surface area contributed by atoms with Crippen LogP contribution in [-0.2, 0) is 16.1 Å². The lowest BCUT2D eigenvalue weighted by atomic mass is 10.1. The normalized spacial score (nSPS) is 19.9. The van der Waals surface area contributed by atoms with Gasteiger partial charge < -0.3 is 19.9 Å². The molecule has 0 spiro atoms. The smallest absolute Gasteiger partial charge is 0.229 e. The molecule has 0 saturated carbocycles. The van der Waals surface area contributed by atoms with Crippen LogP contribution in [0.15, 0.2) is 48.5 Å². The lowest BCUT2D eigenvalue weighted by Gasteiger charge is -2.32. The summed E-state index contributed by atoms with van der Waals surface area (Å²) in [5.41, 5.74) is 2.69. The number of likely N-dealkylation sites (N-methyl/N-ethyl adjacent to an activating group) is 1. The summed E-state index contributed by atoms with van der Waals surface area (Å²) < 4.78 is 5.67. The average molecular weight is 437 g/mol. The first kappa shape index (κ1) is 22.3. The van der Waals surface area contributed by atoms with Crippen molar-refractivity contribution in [1.82, 2.24) is 9.80 Å². The van der Waals surface area contributed by atoms with Gasteiger partial charge in [-0.25, -0.2) is 0 Å². The van der Waals surface area contributed by atoms with E-state index in [1.807, 2.05) is 49.4 Å². The third-order valence-corrected chi connectivity index (χ3v) is 6.15. The lowest BCUT2D eigenvalue weighted by molar-refractivity contribution is -0.122. The average Bonchev–Trinajstić information content (AvgIpc) is 3.18. The summed E-state index contributed by atoms with van der Waals surface area (Å²) in [5.74, 6) is 0.104. The molecule has 1 unspecified atom stereocenters. The van der Waals surface area contributed by atoms with Crippen LogP contribution >= 0.6 is 0 Å². The molecule has 7 heteroatoms. The van der Waals surface area contributed by atoms with E-state index in [0.29, 0.717) is 18.9 Å². The van der Waals surface area contributed by atoms with Crippen molar-refractivity contribution in [3.05, 3.63) is 54.1 Å². The van der Waals surface area contributed by atoms with Crippen LogP contribution in [0.2, 0.25) is 0 Å². The first-order chi connectivity index (χ1) is 15.5. The molecule has 0 radical (unpaired) electrons. The summed E-state index contributed by atoms with van der Waals surface area (Å²) in [6.45, 7) is 7.93. The molecule has 2 amide bonds. The van der Waals surface area contributed by atoms with Crippen LogP contribution in [0.5, 0.6) is 5.75 Å². The van der Waals surface area contributed by atoms with Crippen LogP contribution in [0, 0.1) is 5.92 Å². The Kier molecular flexibility index (Phi) is 7.07. The second kappa shape index (κ2) is 10.1. The maximum atomic E-state index is 12.9. The molecular formula is C25H32N4O3. The molecule has 2 saturated heterocycles. The second-order valence-electron chi connectivity index (χ2n) is 8.58. The van der Waals surface area contributed by atoms with Crippen LogP contribution in [0.4, 0.5) is 11.4 Å². The monoisotopic (exact) mass is 436 g/mol. The number of piperazine rings is 1. The largest absolute Gasteiger partial charge is 0.492 e. The highest BCUT2D eigenvalue weighted by molar-refractivity contribution is 6.04.